The molecule has 2 aromatic carbocycles. The van der Waals surface area contributed by atoms with Crippen LogP contribution in [0.1, 0.15) is 24.8 Å². The van der Waals surface area contributed by atoms with Crippen molar-refractivity contribution in [3.8, 4) is 5.75 Å². The first-order valence-electron chi connectivity index (χ1n) is 9.04. The van der Waals surface area contributed by atoms with Crippen LogP contribution in [0.3, 0.4) is 0 Å². The molecule has 0 spiro atoms. The number of nitrogens with zero attached hydrogens (tertiary/aromatic N) is 2. The van der Waals surface area contributed by atoms with E-state index in [0.717, 1.165) is 47.5 Å². The maximum atomic E-state index is 10.3. The largest absolute Gasteiger partial charge is 0.508 e. The molecule has 4 rings (SSSR count). The normalized spacial score (nSPS) is 14.2. The summed E-state index contributed by atoms with van der Waals surface area (Å²) in [7, 11) is 0. The lowest BCUT2D eigenvalue weighted by Crippen LogP contribution is -2.29. The number of aromatic hydroxyl groups is 1. The van der Waals surface area contributed by atoms with Crippen LogP contribution in [0.25, 0.3) is 10.9 Å². The van der Waals surface area contributed by atoms with Crippen LogP contribution in [-0.2, 0) is 6.54 Å². The number of benzene rings is 2. The maximum Gasteiger partial charge on any atom is 0.120 e. The second-order valence-corrected chi connectivity index (χ2v) is 7.26. The number of halogens is 3. The molecule has 0 saturated carbocycles. The Morgan fingerprint density at radius 2 is 1.79 bits per heavy atom. The zero-order valence-electron chi connectivity index (χ0n) is 15.4. The lowest BCUT2D eigenvalue weighted by molar-refractivity contribution is 0.218. The summed E-state index contributed by atoms with van der Waals surface area (Å²) in [4.78, 5) is 6.79. The summed E-state index contributed by atoms with van der Waals surface area (Å²) in [6.07, 6.45) is 5.56. The first-order valence-corrected chi connectivity index (χ1v) is 9.42. The monoisotopic (exact) mass is 439 g/mol. The molecule has 1 aliphatic heterocycles. The van der Waals surface area contributed by atoms with Crippen molar-refractivity contribution in [2.24, 2.45) is 0 Å². The highest BCUT2D eigenvalue weighted by molar-refractivity contribution is 6.31. The highest BCUT2D eigenvalue weighted by Crippen LogP contribution is 2.30. The first-order chi connectivity index (χ1) is 12.7. The fourth-order valence-electron chi connectivity index (χ4n) is 3.53. The van der Waals surface area contributed by atoms with Crippen LogP contribution in [0, 0.1) is 0 Å². The van der Waals surface area contributed by atoms with E-state index >= 15 is 0 Å². The smallest absolute Gasteiger partial charge is 0.120 e. The Hall–Kier alpha value is -1.72. The molecule has 0 bridgehead atoms. The third-order valence-corrected chi connectivity index (χ3v) is 5.14. The van der Waals surface area contributed by atoms with Crippen LogP contribution in [0.5, 0.6) is 5.75 Å². The van der Waals surface area contributed by atoms with Gasteiger partial charge in [-0.3, -0.25) is 9.88 Å². The van der Waals surface area contributed by atoms with Crippen LogP contribution in [0.2, 0.25) is 5.02 Å². The predicted molar refractivity (Wildman–Crippen MR) is 122 cm³/mol. The van der Waals surface area contributed by atoms with Gasteiger partial charge in [0, 0.05) is 40.1 Å². The molecule has 0 aliphatic carbocycles. The van der Waals surface area contributed by atoms with Gasteiger partial charge >= 0.3 is 0 Å². The Kier molecular flexibility index (Phi) is 8.20. The van der Waals surface area contributed by atoms with Gasteiger partial charge in [-0.05, 0) is 68.4 Å². The molecule has 0 atom stereocenters. The van der Waals surface area contributed by atoms with Crippen LogP contribution in [-0.4, -0.2) is 28.1 Å². The highest BCUT2D eigenvalue weighted by atomic mass is 35.5. The number of phenolic OH excluding ortho intramolecular Hbond substituents is 1. The number of piperidine rings is 1. The molecule has 1 fully saturated rings. The summed E-state index contributed by atoms with van der Waals surface area (Å²) < 4.78 is 0. The fraction of sp³-hybridized carbons (Fsp3) is 0.286. The maximum absolute atomic E-state index is 10.3. The van der Waals surface area contributed by atoms with E-state index in [-0.39, 0.29) is 24.8 Å². The van der Waals surface area contributed by atoms with E-state index in [1.807, 2.05) is 36.4 Å². The summed E-state index contributed by atoms with van der Waals surface area (Å²) >= 11 is 6.07. The molecule has 4 nitrogen and oxygen atoms in total. The van der Waals surface area contributed by atoms with Crippen LogP contribution in [0.4, 0.5) is 11.4 Å². The fourth-order valence-corrected chi connectivity index (χ4v) is 3.70. The van der Waals surface area contributed by atoms with E-state index < -0.39 is 0 Å². The second kappa shape index (κ2) is 10.2. The van der Waals surface area contributed by atoms with Crippen molar-refractivity contribution in [2.75, 3.05) is 18.4 Å². The number of anilines is 2. The van der Waals surface area contributed by atoms with Gasteiger partial charge < -0.3 is 10.4 Å². The van der Waals surface area contributed by atoms with Gasteiger partial charge in [0.15, 0.2) is 0 Å². The average Bonchev–Trinajstić information content (AvgIpc) is 2.65. The van der Waals surface area contributed by atoms with E-state index in [1.54, 1.807) is 12.3 Å². The predicted octanol–water partition coefficient (Wildman–Crippen LogP) is 6.17. The SMILES string of the molecule is Cl.Cl.Oc1ccc(Nc2ccnc3cc(Cl)ccc23)cc1CN1CCCCC1. The van der Waals surface area contributed by atoms with Crippen molar-refractivity contribution in [1.82, 2.24) is 9.88 Å². The summed E-state index contributed by atoms with van der Waals surface area (Å²) in [5.74, 6) is 0.354. The highest BCUT2D eigenvalue weighted by Gasteiger charge is 2.13. The van der Waals surface area contributed by atoms with Crippen molar-refractivity contribution >= 4 is 58.7 Å². The topological polar surface area (TPSA) is 48.4 Å². The summed E-state index contributed by atoms with van der Waals surface area (Å²) in [6.45, 7) is 2.99. The van der Waals surface area contributed by atoms with Gasteiger partial charge in [-0.2, -0.15) is 0 Å². The number of nitrogens with one attached hydrogen (secondary N) is 1. The molecule has 2 N–H and O–H groups in total. The van der Waals surface area contributed by atoms with Gasteiger partial charge in [0.2, 0.25) is 0 Å². The molecule has 3 aromatic rings. The molecule has 2 heterocycles. The minimum Gasteiger partial charge on any atom is -0.508 e. The Labute approximate surface area is 182 Å². The van der Waals surface area contributed by atoms with E-state index in [2.05, 4.69) is 15.2 Å². The van der Waals surface area contributed by atoms with Crippen LogP contribution >= 0.6 is 36.4 Å². The van der Waals surface area contributed by atoms with Crippen LogP contribution in [0.15, 0.2) is 48.7 Å². The number of hydrogen-bond donors (Lipinski definition) is 2. The number of aromatic nitrogens is 1. The molecular weight excluding hydrogens is 417 g/mol. The number of rotatable bonds is 4. The van der Waals surface area contributed by atoms with E-state index in [0.29, 0.717) is 10.8 Å². The van der Waals surface area contributed by atoms with E-state index in [9.17, 15) is 5.11 Å². The molecule has 1 aromatic heterocycles. The van der Waals surface area contributed by atoms with Crippen molar-refractivity contribution in [3.63, 3.8) is 0 Å². The average molecular weight is 441 g/mol. The van der Waals surface area contributed by atoms with Gasteiger partial charge in [0.1, 0.15) is 5.75 Å². The number of hydrogen-bond acceptors (Lipinski definition) is 4. The van der Waals surface area contributed by atoms with Crippen molar-refractivity contribution in [3.05, 3.63) is 59.2 Å². The lowest BCUT2D eigenvalue weighted by Gasteiger charge is -2.26. The minimum absolute atomic E-state index is 0. The zero-order chi connectivity index (χ0) is 17.9. The molecule has 150 valence electrons. The number of pyridine rings is 1. The van der Waals surface area contributed by atoms with E-state index in [1.165, 1.54) is 19.3 Å². The number of fused-ring (bicyclic) bond motifs is 1. The Morgan fingerprint density at radius 1 is 1.00 bits per heavy atom. The summed E-state index contributed by atoms with van der Waals surface area (Å²) in [5, 5.41) is 15.4. The minimum atomic E-state index is 0. The van der Waals surface area contributed by atoms with Crippen molar-refractivity contribution in [2.45, 2.75) is 25.8 Å². The van der Waals surface area contributed by atoms with Gasteiger partial charge in [0.25, 0.3) is 0 Å². The molecule has 1 aliphatic rings. The van der Waals surface area contributed by atoms with Gasteiger partial charge in [-0.25, -0.2) is 0 Å². The Bertz CT molecular complexity index is 930. The molecule has 0 amide bonds. The molecular formula is C21H24Cl3N3O. The first kappa shape index (κ1) is 22.6. The Balaban J connectivity index is 0.00000140. The van der Waals surface area contributed by atoms with Crippen LogP contribution < -0.4 is 5.32 Å². The van der Waals surface area contributed by atoms with Crippen molar-refractivity contribution < 1.29 is 5.11 Å². The van der Waals surface area contributed by atoms with Gasteiger partial charge in [-0.1, -0.05) is 18.0 Å². The van der Waals surface area contributed by atoms with Gasteiger partial charge in [-0.15, -0.1) is 24.8 Å². The van der Waals surface area contributed by atoms with Crippen molar-refractivity contribution in [1.29, 1.82) is 0 Å². The second-order valence-electron chi connectivity index (χ2n) is 6.83. The van der Waals surface area contributed by atoms with E-state index in [4.69, 9.17) is 11.6 Å². The molecule has 0 unspecified atom stereocenters. The molecule has 28 heavy (non-hydrogen) atoms. The molecule has 0 radical (unpaired) electrons. The third-order valence-electron chi connectivity index (χ3n) is 4.91. The standard InChI is InChI=1S/C21H22ClN3O.2ClH/c22-16-4-6-18-19(8-9-23-20(18)13-16)24-17-5-7-21(26)15(12-17)14-25-10-2-1-3-11-25;;/h4-9,12-13,26H,1-3,10-11,14H2,(H,23,24);2*1H. The zero-order valence-corrected chi connectivity index (χ0v) is 17.8. The third kappa shape index (κ3) is 5.21. The number of likely N-dealkylation sites (tertiary alicyclic amines) is 1. The molecule has 1 saturated heterocycles. The summed E-state index contributed by atoms with van der Waals surface area (Å²) in [6, 6.07) is 13.4. The molecule has 7 heteroatoms. The Morgan fingerprint density at radius 3 is 2.57 bits per heavy atom. The quantitative estimate of drug-likeness (QED) is 0.476. The lowest BCUT2D eigenvalue weighted by atomic mass is 10.1. The van der Waals surface area contributed by atoms with Gasteiger partial charge in [0.05, 0.1) is 5.52 Å². The number of phenols is 1. The summed E-state index contributed by atoms with van der Waals surface area (Å²) in [5.41, 5.74) is 3.74.